The summed E-state index contributed by atoms with van der Waals surface area (Å²) in [6, 6.07) is 19.7. The molecule has 0 unspecified atom stereocenters. The van der Waals surface area contributed by atoms with E-state index in [1.54, 1.807) is 0 Å². The fourth-order valence-electron chi connectivity index (χ4n) is 3.95. The summed E-state index contributed by atoms with van der Waals surface area (Å²) < 4.78 is 0. The third kappa shape index (κ3) is 2.43. The summed E-state index contributed by atoms with van der Waals surface area (Å²) in [5.74, 6) is 0.586. The molecule has 1 amide bonds. The summed E-state index contributed by atoms with van der Waals surface area (Å²) in [5.41, 5.74) is 3.76. The Kier molecular flexibility index (Phi) is 3.45. The third-order valence-corrected chi connectivity index (χ3v) is 5.11. The van der Waals surface area contributed by atoms with E-state index in [4.69, 9.17) is 0 Å². The summed E-state index contributed by atoms with van der Waals surface area (Å²) in [6.45, 7) is 0.979. The molecule has 2 aromatic carbocycles. The lowest BCUT2D eigenvalue weighted by Crippen LogP contribution is -2.29. The van der Waals surface area contributed by atoms with Crippen molar-refractivity contribution >= 4 is 5.91 Å². The summed E-state index contributed by atoms with van der Waals surface area (Å²) in [6.07, 6.45) is 4.34. The lowest BCUT2D eigenvalue weighted by molar-refractivity contribution is -0.131. The number of rotatable bonds is 3. The van der Waals surface area contributed by atoms with Gasteiger partial charge in [-0.1, -0.05) is 54.6 Å². The molecule has 2 fully saturated rings. The van der Waals surface area contributed by atoms with E-state index < -0.39 is 0 Å². The highest BCUT2D eigenvalue weighted by atomic mass is 16.2. The van der Waals surface area contributed by atoms with E-state index in [0.29, 0.717) is 11.9 Å². The van der Waals surface area contributed by atoms with Crippen molar-refractivity contribution in [2.75, 3.05) is 6.54 Å². The van der Waals surface area contributed by atoms with E-state index in [-0.39, 0.29) is 5.92 Å². The van der Waals surface area contributed by atoms with E-state index in [1.165, 1.54) is 29.5 Å². The van der Waals surface area contributed by atoms with Crippen molar-refractivity contribution in [3.63, 3.8) is 0 Å². The molecule has 22 heavy (non-hydrogen) atoms. The van der Waals surface area contributed by atoms with Gasteiger partial charge in [-0.2, -0.15) is 0 Å². The van der Waals surface area contributed by atoms with Gasteiger partial charge in [-0.15, -0.1) is 0 Å². The van der Waals surface area contributed by atoms with Crippen LogP contribution < -0.4 is 0 Å². The Morgan fingerprint density at radius 3 is 2.41 bits per heavy atom. The van der Waals surface area contributed by atoms with Crippen LogP contribution in [0.4, 0.5) is 0 Å². The van der Waals surface area contributed by atoms with Crippen LogP contribution in [0.15, 0.2) is 54.6 Å². The molecular formula is C20H21NO. The van der Waals surface area contributed by atoms with Gasteiger partial charge in [-0.3, -0.25) is 4.79 Å². The number of amides is 1. The van der Waals surface area contributed by atoms with Crippen molar-refractivity contribution in [1.82, 2.24) is 4.90 Å². The van der Waals surface area contributed by atoms with Gasteiger partial charge in [0.1, 0.15) is 0 Å². The lowest BCUT2D eigenvalue weighted by Gasteiger charge is -2.14. The van der Waals surface area contributed by atoms with Crippen LogP contribution in [0, 0.1) is 5.92 Å². The van der Waals surface area contributed by atoms with Crippen LogP contribution in [0.2, 0.25) is 0 Å². The minimum Gasteiger partial charge on any atom is -0.339 e. The van der Waals surface area contributed by atoms with Gasteiger partial charge in [0.15, 0.2) is 0 Å². The Morgan fingerprint density at radius 2 is 1.68 bits per heavy atom. The second-order valence-corrected chi connectivity index (χ2v) is 6.53. The number of carbonyl (C=O) groups is 1. The number of hydrogen-bond acceptors (Lipinski definition) is 1. The monoisotopic (exact) mass is 291 g/mol. The van der Waals surface area contributed by atoms with Crippen LogP contribution in [0.25, 0.3) is 11.1 Å². The molecular weight excluding hydrogens is 270 g/mol. The van der Waals surface area contributed by atoms with Gasteiger partial charge in [0.05, 0.1) is 0 Å². The molecule has 0 spiro atoms. The number of carbonyl (C=O) groups excluding carboxylic acids is 1. The Hall–Kier alpha value is -2.09. The van der Waals surface area contributed by atoms with Crippen LogP contribution in [0.1, 0.15) is 24.8 Å². The highest BCUT2D eigenvalue weighted by molar-refractivity contribution is 5.82. The fraction of sp³-hybridized carbons (Fsp3) is 0.350. The SMILES string of the molecule is O=C1[C@H](Cc2ccc(-c3ccccc3)cc2)C[C@@H]2CCCN12. The molecule has 2 heteroatoms. The molecule has 2 atom stereocenters. The molecule has 0 radical (unpaired) electrons. The molecule has 0 aliphatic carbocycles. The van der Waals surface area contributed by atoms with Crippen LogP contribution in [0.3, 0.4) is 0 Å². The maximum absolute atomic E-state index is 12.4. The van der Waals surface area contributed by atoms with E-state index in [0.717, 1.165) is 19.4 Å². The number of hydrogen-bond donors (Lipinski definition) is 0. The minimum absolute atomic E-state index is 0.202. The smallest absolute Gasteiger partial charge is 0.226 e. The molecule has 2 aromatic rings. The molecule has 112 valence electrons. The van der Waals surface area contributed by atoms with Gasteiger partial charge in [0, 0.05) is 18.5 Å². The van der Waals surface area contributed by atoms with Crippen molar-refractivity contribution in [3.05, 3.63) is 60.2 Å². The topological polar surface area (TPSA) is 20.3 Å². The lowest BCUT2D eigenvalue weighted by atomic mass is 9.94. The number of nitrogens with zero attached hydrogens (tertiary/aromatic N) is 1. The predicted molar refractivity (Wildman–Crippen MR) is 88.4 cm³/mol. The molecule has 2 aliphatic rings. The molecule has 0 bridgehead atoms. The zero-order chi connectivity index (χ0) is 14.9. The Balaban J connectivity index is 1.47. The summed E-state index contributed by atoms with van der Waals surface area (Å²) >= 11 is 0. The number of benzene rings is 2. The Morgan fingerprint density at radius 1 is 0.955 bits per heavy atom. The van der Waals surface area contributed by atoms with Crippen molar-refractivity contribution in [1.29, 1.82) is 0 Å². The second kappa shape index (κ2) is 5.60. The largest absolute Gasteiger partial charge is 0.339 e. The maximum atomic E-state index is 12.4. The van der Waals surface area contributed by atoms with Crippen LogP contribution >= 0.6 is 0 Å². The zero-order valence-electron chi connectivity index (χ0n) is 12.7. The standard InChI is InChI=1S/C20H21NO/c22-20-18(14-19-7-4-12-21(19)20)13-15-8-10-17(11-9-15)16-5-2-1-3-6-16/h1-3,5-6,8-11,18-19H,4,7,12-14H2/t18-,19+/m1/s1. The molecule has 2 aliphatic heterocycles. The predicted octanol–water partition coefficient (Wildman–Crippen LogP) is 3.91. The normalized spacial score (nSPS) is 23.8. The molecule has 0 aromatic heterocycles. The zero-order valence-corrected chi connectivity index (χ0v) is 12.7. The minimum atomic E-state index is 0.202. The van der Waals surface area contributed by atoms with Crippen molar-refractivity contribution in [3.8, 4) is 11.1 Å². The average molecular weight is 291 g/mol. The molecule has 4 rings (SSSR count). The fourth-order valence-corrected chi connectivity index (χ4v) is 3.95. The van der Waals surface area contributed by atoms with Gasteiger partial charge in [-0.25, -0.2) is 0 Å². The van der Waals surface area contributed by atoms with Crippen LogP contribution in [-0.2, 0) is 11.2 Å². The molecule has 2 nitrogen and oxygen atoms in total. The quantitative estimate of drug-likeness (QED) is 0.839. The van der Waals surface area contributed by atoms with E-state index in [1.807, 2.05) is 6.07 Å². The first-order chi connectivity index (χ1) is 10.8. The molecule has 2 saturated heterocycles. The van der Waals surface area contributed by atoms with E-state index in [9.17, 15) is 4.79 Å². The van der Waals surface area contributed by atoms with Crippen LogP contribution in [-0.4, -0.2) is 23.4 Å². The van der Waals surface area contributed by atoms with Crippen LogP contribution in [0.5, 0.6) is 0 Å². The summed E-state index contributed by atoms with van der Waals surface area (Å²) in [5, 5.41) is 0. The highest BCUT2D eigenvalue weighted by Crippen LogP contribution is 2.34. The van der Waals surface area contributed by atoms with Crippen molar-refractivity contribution in [2.45, 2.75) is 31.7 Å². The van der Waals surface area contributed by atoms with Gasteiger partial charge >= 0.3 is 0 Å². The Bertz CT molecular complexity index is 662. The first-order valence-electron chi connectivity index (χ1n) is 8.26. The van der Waals surface area contributed by atoms with Gasteiger partial charge in [-0.05, 0) is 42.4 Å². The first kappa shape index (κ1) is 13.6. The van der Waals surface area contributed by atoms with E-state index in [2.05, 4.69) is 53.4 Å². The molecule has 0 saturated carbocycles. The maximum Gasteiger partial charge on any atom is 0.226 e. The van der Waals surface area contributed by atoms with Gasteiger partial charge in [0.25, 0.3) is 0 Å². The summed E-state index contributed by atoms with van der Waals surface area (Å²) in [7, 11) is 0. The second-order valence-electron chi connectivity index (χ2n) is 6.53. The first-order valence-corrected chi connectivity index (χ1v) is 8.26. The van der Waals surface area contributed by atoms with Gasteiger partial charge < -0.3 is 4.90 Å². The Labute approximate surface area is 131 Å². The number of fused-ring (bicyclic) bond motifs is 1. The third-order valence-electron chi connectivity index (χ3n) is 5.11. The highest BCUT2D eigenvalue weighted by Gasteiger charge is 2.41. The molecule has 0 N–H and O–H groups in total. The van der Waals surface area contributed by atoms with Crippen molar-refractivity contribution < 1.29 is 4.79 Å². The summed E-state index contributed by atoms with van der Waals surface area (Å²) in [4.78, 5) is 14.5. The van der Waals surface area contributed by atoms with Crippen molar-refractivity contribution in [2.24, 2.45) is 5.92 Å². The van der Waals surface area contributed by atoms with Gasteiger partial charge in [0.2, 0.25) is 5.91 Å². The molecule has 2 heterocycles. The van der Waals surface area contributed by atoms with E-state index >= 15 is 0 Å². The average Bonchev–Trinajstić information content (AvgIpc) is 3.13.